The van der Waals surface area contributed by atoms with Crippen LogP contribution in [0.25, 0.3) is 0 Å². The Labute approximate surface area is 174 Å². The summed E-state index contributed by atoms with van der Waals surface area (Å²) in [4.78, 5) is 21.5. The zero-order chi connectivity index (χ0) is 20.2. The Morgan fingerprint density at radius 1 is 1.38 bits per heavy atom. The van der Waals surface area contributed by atoms with E-state index in [0.717, 1.165) is 36.3 Å². The van der Waals surface area contributed by atoms with Gasteiger partial charge in [-0.1, -0.05) is 17.7 Å². The van der Waals surface area contributed by atoms with Gasteiger partial charge in [-0.2, -0.15) is 4.98 Å². The summed E-state index contributed by atoms with van der Waals surface area (Å²) in [6.07, 6.45) is 5.73. The van der Waals surface area contributed by atoms with Crippen LogP contribution in [0.1, 0.15) is 30.9 Å². The topological polar surface area (TPSA) is 88.6 Å². The number of benzene rings is 1. The van der Waals surface area contributed by atoms with Crippen molar-refractivity contribution in [3.63, 3.8) is 0 Å². The molecule has 154 valence electrons. The first-order valence-corrected chi connectivity index (χ1v) is 10.1. The fraction of sp³-hybridized carbons (Fsp3) is 0.450. The summed E-state index contributed by atoms with van der Waals surface area (Å²) in [7, 11) is 1.75. The number of anilines is 3. The van der Waals surface area contributed by atoms with Crippen molar-refractivity contribution in [1.29, 1.82) is 0 Å². The van der Waals surface area contributed by atoms with Crippen LogP contribution in [0.4, 0.5) is 17.5 Å². The van der Waals surface area contributed by atoms with Gasteiger partial charge in [0.1, 0.15) is 22.7 Å². The molecular formula is C20H24ClN5O3. The SMILES string of the molecule is CNc1nc(Nc2ccc(C3CN(C=O)CCO3)cc2OC2CCC2)ncc1Cl. The molecule has 2 aliphatic rings. The second kappa shape index (κ2) is 8.84. The monoisotopic (exact) mass is 417 g/mol. The lowest BCUT2D eigenvalue weighted by Crippen LogP contribution is -2.37. The molecule has 0 radical (unpaired) electrons. The van der Waals surface area contributed by atoms with E-state index in [1.165, 1.54) is 6.42 Å². The van der Waals surface area contributed by atoms with Crippen LogP contribution < -0.4 is 15.4 Å². The van der Waals surface area contributed by atoms with Gasteiger partial charge in [0.25, 0.3) is 0 Å². The summed E-state index contributed by atoms with van der Waals surface area (Å²) < 4.78 is 12.1. The number of halogens is 1. The van der Waals surface area contributed by atoms with E-state index in [-0.39, 0.29) is 12.2 Å². The van der Waals surface area contributed by atoms with Crippen molar-refractivity contribution in [2.24, 2.45) is 0 Å². The number of nitrogens with zero attached hydrogens (tertiary/aromatic N) is 3. The number of carbonyl (C=O) groups excluding carboxylic acids is 1. The zero-order valence-corrected chi connectivity index (χ0v) is 17.0. The van der Waals surface area contributed by atoms with Gasteiger partial charge in [0.2, 0.25) is 12.4 Å². The number of hydrogen-bond donors (Lipinski definition) is 2. The summed E-state index contributed by atoms with van der Waals surface area (Å²) in [5.41, 5.74) is 1.75. The zero-order valence-electron chi connectivity index (χ0n) is 16.2. The third-order valence-corrected chi connectivity index (χ3v) is 5.47. The van der Waals surface area contributed by atoms with Gasteiger partial charge < -0.3 is 25.0 Å². The highest BCUT2D eigenvalue weighted by Gasteiger charge is 2.24. The van der Waals surface area contributed by atoms with Gasteiger partial charge in [-0.15, -0.1) is 0 Å². The highest BCUT2D eigenvalue weighted by atomic mass is 35.5. The molecule has 2 N–H and O–H groups in total. The lowest BCUT2D eigenvalue weighted by molar-refractivity contribution is -0.125. The Hall–Kier alpha value is -2.58. The minimum absolute atomic E-state index is 0.172. The first kappa shape index (κ1) is 19.7. The van der Waals surface area contributed by atoms with Crippen molar-refractivity contribution in [2.75, 3.05) is 37.4 Å². The molecule has 1 aliphatic heterocycles. The van der Waals surface area contributed by atoms with Gasteiger partial charge >= 0.3 is 0 Å². The Bertz CT molecular complexity index is 877. The first-order chi connectivity index (χ1) is 14.2. The number of rotatable bonds is 7. The number of ether oxygens (including phenoxy) is 2. The van der Waals surface area contributed by atoms with Crippen molar-refractivity contribution >= 4 is 35.5 Å². The lowest BCUT2D eigenvalue weighted by Gasteiger charge is -2.32. The fourth-order valence-electron chi connectivity index (χ4n) is 3.30. The van der Waals surface area contributed by atoms with E-state index in [1.807, 2.05) is 18.2 Å². The number of morpholine rings is 1. The molecule has 1 amide bonds. The maximum absolute atomic E-state index is 11.1. The minimum Gasteiger partial charge on any atom is -0.488 e. The number of amides is 1. The van der Waals surface area contributed by atoms with Crippen LogP contribution in [0, 0.1) is 0 Å². The second-order valence-electron chi connectivity index (χ2n) is 7.15. The summed E-state index contributed by atoms with van der Waals surface area (Å²) in [6.45, 7) is 1.67. The minimum atomic E-state index is -0.172. The predicted molar refractivity (Wildman–Crippen MR) is 111 cm³/mol. The lowest BCUT2D eigenvalue weighted by atomic mass is 9.96. The predicted octanol–water partition coefficient (Wildman–Crippen LogP) is 3.38. The van der Waals surface area contributed by atoms with Gasteiger partial charge in [0, 0.05) is 13.6 Å². The third kappa shape index (κ3) is 4.54. The summed E-state index contributed by atoms with van der Waals surface area (Å²) in [5, 5.41) is 6.62. The number of hydrogen-bond acceptors (Lipinski definition) is 7. The van der Waals surface area contributed by atoms with E-state index in [9.17, 15) is 4.79 Å². The molecule has 0 bridgehead atoms. The quantitative estimate of drug-likeness (QED) is 0.667. The Kier molecular flexibility index (Phi) is 6.01. The third-order valence-electron chi connectivity index (χ3n) is 5.20. The molecule has 2 heterocycles. The van der Waals surface area contributed by atoms with E-state index in [1.54, 1.807) is 18.1 Å². The molecule has 29 heavy (non-hydrogen) atoms. The molecule has 1 aromatic heterocycles. The van der Waals surface area contributed by atoms with E-state index in [4.69, 9.17) is 21.1 Å². The molecule has 1 atom stereocenters. The molecule has 1 saturated heterocycles. The highest BCUT2D eigenvalue weighted by Crippen LogP contribution is 2.36. The molecule has 8 nitrogen and oxygen atoms in total. The summed E-state index contributed by atoms with van der Waals surface area (Å²) in [5.74, 6) is 1.70. The van der Waals surface area contributed by atoms with Gasteiger partial charge in [-0.3, -0.25) is 4.79 Å². The smallest absolute Gasteiger partial charge is 0.229 e. The Morgan fingerprint density at radius 3 is 2.97 bits per heavy atom. The average Bonchev–Trinajstić information content (AvgIpc) is 2.73. The van der Waals surface area contributed by atoms with Crippen LogP contribution in [0.2, 0.25) is 5.02 Å². The molecule has 2 fully saturated rings. The Morgan fingerprint density at radius 2 is 2.24 bits per heavy atom. The normalized spacial score (nSPS) is 19.4. The van der Waals surface area contributed by atoms with Crippen molar-refractivity contribution in [3.8, 4) is 5.75 Å². The molecule has 0 spiro atoms. The summed E-state index contributed by atoms with van der Waals surface area (Å²) in [6, 6.07) is 5.89. The number of nitrogens with one attached hydrogen (secondary N) is 2. The van der Waals surface area contributed by atoms with E-state index in [2.05, 4.69) is 20.6 Å². The molecule has 1 aromatic carbocycles. The van der Waals surface area contributed by atoms with Gasteiger partial charge in [-0.05, 0) is 37.0 Å². The standard InChI is InChI=1S/C20H24ClN5O3/c1-22-19-15(21)10-23-20(25-19)24-16-6-5-13(9-17(16)29-14-3-2-4-14)18-11-26(12-27)7-8-28-18/h5-6,9-10,12,14,18H,2-4,7-8,11H2,1H3,(H2,22,23,24,25). The second-order valence-corrected chi connectivity index (χ2v) is 7.56. The molecule has 2 aromatic rings. The van der Waals surface area contributed by atoms with E-state index in [0.29, 0.717) is 36.5 Å². The van der Waals surface area contributed by atoms with Crippen LogP contribution in [0.3, 0.4) is 0 Å². The summed E-state index contributed by atoms with van der Waals surface area (Å²) >= 11 is 6.07. The molecule has 9 heteroatoms. The van der Waals surface area contributed by atoms with Crippen molar-refractivity contribution in [3.05, 3.63) is 35.0 Å². The van der Waals surface area contributed by atoms with Gasteiger partial charge in [-0.25, -0.2) is 4.98 Å². The molecule has 1 unspecified atom stereocenters. The van der Waals surface area contributed by atoms with Crippen LogP contribution >= 0.6 is 11.6 Å². The van der Waals surface area contributed by atoms with Crippen molar-refractivity contribution in [2.45, 2.75) is 31.5 Å². The van der Waals surface area contributed by atoms with Crippen molar-refractivity contribution in [1.82, 2.24) is 14.9 Å². The number of carbonyl (C=O) groups is 1. The van der Waals surface area contributed by atoms with E-state index < -0.39 is 0 Å². The fourth-order valence-corrected chi connectivity index (χ4v) is 3.48. The maximum atomic E-state index is 11.1. The van der Waals surface area contributed by atoms with Crippen LogP contribution in [-0.2, 0) is 9.53 Å². The molecule has 1 aliphatic carbocycles. The van der Waals surface area contributed by atoms with E-state index >= 15 is 0 Å². The van der Waals surface area contributed by atoms with Gasteiger partial charge in [0.05, 0.1) is 31.1 Å². The largest absolute Gasteiger partial charge is 0.488 e. The van der Waals surface area contributed by atoms with Crippen LogP contribution in [-0.4, -0.2) is 54.1 Å². The molecule has 1 saturated carbocycles. The van der Waals surface area contributed by atoms with Crippen LogP contribution in [0.5, 0.6) is 5.75 Å². The average molecular weight is 418 g/mol. The first-order valence-electron chi connectivity index (χ1n) is 9.75. The molecule has 4 rings (SSSR count). The van der Waals surface area contributed by atoms with Gasteiger partial charge in [0.15, 0.2) is 0 Å². The van der Waals surface area contributed by atoms with Crippen LogP contribution in [0.15, 0.2) is 24.4 Å². The van der Waals surface area contributed by atoms with Crippen molar-refractivity contribution < 1.29 is 14.3 Å². The number of aromatic nitrogens is 2. The highest BCUT2D eigenvalue weighted by molar-refractivity contribution is 6.32. The Balaban J connectivity index is 1.59. The molecular weight excluding hydrogens is 394 g/mol. The maximum Gasteiger partial charge on any atom is 0.229 e.